The molecule has 1 aliphatic rings. The van der Waals surface area contributed by atoms with E-state index in [9.17, 15) is 0 Å². The Balaban J connectivity index is 1.50. The van der Waals surface area contributed by atoms with Crippen LogP contribution in [0.25, 0.3) is 0 Å². The molecule has 2 aromatic rings. The van der Waals surface area contributed by atoms with Crippen LogP contribution in [0.5, 0.6) is 0 Å². The van der Waals surface area contributed by atoms with Gasteiger partial charge in [-0.05, 0) is 42.7 Å². The van der Waals surface area contributed by atoms with Crippen LogP contribution in [0.3, 0.4) is 0 Å². The lowest BCUT2D eigenvalue weighted by Gasteiger charge is -2.19. The van der Waals surface area contributed by atoms with Gasteiger partial charge in [0.25, 0.3) is 0 Å². The van der Waals surface area contributed by atoms with E-state index in [2.05, 4.69) is 52.6 Å². The molecule has 1 saturated carbocycles. The van der Waals surface area contributed by atoms with E-state index in [4.69, 9.17) is 0 Å². The first-order valence-corrected chi connectivity index (χ1v) is 7.74. The molecule has 0 radical (unpaired) electrons. The fraction of sp³-hybridized carbons (Fsp3) is 0.389. The Morgan fingerprint density at radius 1 is 1.14 bits per heavy atom. The van der Waals surface area contributed by atoms with Crippen LogP contribution in [-0.4, -0.2) is 24.6 Å². The summed E-state index contributed by atoms with van der Waals surface area (Å²) in [5.74, 6) is 0. The van der Waals surface area contributed by atoms with Crippen LogP contribution in [-0.2, 0) is 13.0 Å². The van der Waals surface area contributed by atoms with Gasteiger partial charge in [-0.2, -0.15) is 0 Å². The van der Waals surface area contributed by atoms with Crippen LogP contribution in [0, 0.1) is 0 Å². The van der Waals surface area contributed by atoms with Crippen LogP contribution in [0.1, 0.15) is 24.1 Å². The first kappa shape index (κ1) is 14.1. The van der Waals surface area contributed by atoms with Gasteiger partial charge in [-0.3, -0.25) is 4.98 Å². The third-order valence-electron chi connectivity index (χ3n) is 3.98. The summed E-state index contributed by atoms with van der Waals surface area (Å²) in [5, 5.41) is 3.55. The van der Waals surface area contributed by atoms with E-state index < -0.39 is 0 Å². The molecule has 0 bridgehead atoms. The minimum Gasteiger partial charge on any atom is -0.374 e. The Hall–Kier alpha value is -1.87. The van der Waals surface area contributed by atoms with Crippen molar-refractivity contribution in [2.24, 2.45) is 0 Å². The number of nitrogens with zero attached hydrogens (tertiary/aromatic N) is 2. The molecule has 3 rings (SSSR count). The number of hydrogen-bond acceptors (Lipinski definition) is 3. The van der Waals surface area contributed by atoms with Gasteiger partial charge in [0.05, 0.1) is 0 Å². The van der Waals surface area contributed by atoms with Gasteiger partial charge in [0.15, 0.2) is 0 Å². The van der Waals surface area contributed by atoms with E-state index in [0.717, 1.165) is 31.2 Å². The number of pyridine rings is 1. The molecule has 0 atom stereocenters. The molecule has 1 N–H and O–H groups in total. The van der Waals surface area contributed by atoms with Crippen LogP contribution in [0.2, 0.25) is 0 Å². The maximum Gasteiger partial charge on any atom is 0.0421 e. The van der Waals surface area contributed by atoms with Gasteiger partial charge in [-0.1, -0.05) is 18.2 Å². The van der Waals surface area contributed by atoms with Crippen LogP contribution in [0.4, 0.5) is 5.69 Å². The first-order valence-electron chi connectivity index (χ1n) is 7.74. The van der Waals surface area contributed by atoms with E-state index in [-0.39, 0.29) is 0 Å². The molecular formula is C18H23N3. The molecule has 3 nitrogen and oxygen atoms in total. The number of nitrogens with one attached hydrogen (secondary N) is 1. The first-order chi connectivity index (χ1) is 10.3. The smallest absolute Gasteiger partial charge is 0.0421 e. The summed E-state index contributed by atoms with van der Waals surface area (Å²) in [6.07, 6.45) is 5.52. The molecule has 1 aromatic heterocycles. The quantitative estimate of drug-likeness (QED) is 0.845. The monoisotopic (exact) mass is 281 g/mol. The molecule has 110 valence electrons. The largest absolute Gasteiger partial charge is 0.374 e. The highest BCUT2D eigenvalue weighted by Crippen LogP contribution is 2.20. The van der Waals surface area contributed by atoms with Crippen LogP contribution in [0.15, 0.2) is 48.7 Å². The topological polar surface area (TPSA) is 28.2 Å². The lowest BCUT2D eigenvalue weighted by atomic mass is 10.2. The molecule has 1 aliphatic carbocycles. The zero-order valence-electron chi connectivity index (χ0n) is 12.6. The molecule has 1 heterocycles. The SMILES string of the molecule is CN(CCc1ccccn1)c1ccc(CNC2CC2)cc1. The number of likely N-dealkylation sites (N-methyl/N-ethyl adjacent to an activating group) is 1. The van der Waals surface area contributed by atoms with E-state index in [1.54, 1.807) is 0 Å². The predicted molar refractivity (Wildman–Crippen MR) is 87.5 cm³/mol. The summed E-state index contributed by atoms with van der Waals surface area (Å²) < 4.78 is 0. The highest BCUT2D eigenvalue weighted by Gasteiger charge is 2.19. The predicted octanol–water partition coefficient (Wildman–Crippen LogP) is 3.01. The molecule has 0 spiro atoms. The Morgan fingerprint density at radius 2 is 1.95 bits per heavy atom. The number of rotatable bonds is 7. The van der Waals surface area contributed by atoms with Crippen molar-refractivity contribution < 1.29 is 0 Å². The Kier molecular flexibility index (Phi) is 4.51. The van der Waals surface area contributed by atoms with Crippen molar-refractivity contribution in [2.75, 3.05) is 18.5 Å². The van der Waals surface area contributed by atoms with Gasteiger partial charge in [-0.15, -0.1) is 0 Å². The molecule has 0 amide bonds. The second kappa shape index (κ2) is 6.72. The second-order valence-corrected chi connectivity index (χ2v) is 5.81. The normalized spacial score (nSPS) is 14.1. The third-order valence-corrected chi connectivity index (χ3v) is 3.98. The molecule has 3 heteroatoms. The third kappa shape index (κ3) is 4.30. The van der Waals surface area contributed by atoms with E-state index >= 15 is 0 Å². The molecule has 0 unspecified atom stereocenters. The average Bonchev–Trinajstić information content (AvgIpc) is 3.36. The van der Waals surface area contributed by atoms with Crippen molar-refractivity contribution in [2.45, 2.75) is 31.8 Å². The minimum absolute atomic E-state index is 0.769. The van der Waals surface area contributed by atoms with E-state index in [1.807, 2.05) is 18.3 Å². The van der Waals surface area contributed by atoms with Gasteiger partial charge >= 0.3 is 0 Å². The Bertz CT molecular complexity index is 546. The van der Waals surface area contributed by atoms with Gasteiger partial charge < -0.3 is 10.2 Å². The maximum atomic E-state index is 4.37. The van der Waals surface area contributed by atoms with Crippen LogP contribution < -0.4 is 10.2 Å². The molecule has 21 heavy (non-hydrogen) atoms. The van der Waals surface area contributed by atoms with E-state index in [1.165, 1.54) is 24.1 Å². The highest BCUT2D eigenvalue weighted by molar-refractivity contribution is 5.47. The Labute approximate surface area is 127 Å². The minimum atomic E-state index is 0.769. The molecule has 1 aromatic carbocycles. The van der Waals surface area contributed by atoms with Crippen molar-refractivity contribution in [1.82, 2.24) is 10.3 Å². The summed E-state index contributed by atoms with van der Waals surface area (Å²) in [7, 11) is 2.14. The summed E-state index contributed by atoms with van der Waals surface area (Å²) in [6.45, 7) is 1.97. The van der Waals surface area contributed by atoms with Gasteiger partial charge in [0.1, 0.15) is 0 Å². The lowest BCUT2D eigenvalue weighted by molar-refractivity contribution is 0.688. The van der Waals surface area contributed by atoms with E-state index in [0.29, 0.717) is 0 Å². The second-order valence-electron chi connectivity index (χ2n) is 5.81. The number of hydrogen-bond donors (Lipinski definition) is 1. The molecule has 0 aliphatic heterocycles. The van der Waals surface area contributed by atoms with Crippen molar-refractivity contribution in [3.05, 3.63) is 59.9 Å². The van der Waals surface area contributed by atoms with Gasteiger partial charge in [0, 0.05) is 50.2 Å². The highest BCUT2D eigenvalue weighted by atomic mass is 15.1. The standard InChI is InChI=1S/C18H23N3/c1-21(13-11-16-4-2-3-12-19-16)18-9-5-15(6-10-18)14-20-17-7-8-17/h2-6,9-10,12,17,20H,7-8,11,13-14H2,1H3. The number of anilines is 1. The number of aromatic nitrogens is 1. The fourth-order valence-corrected chi connectivity index (χ4v) is 2.38. The van der Waals surface area contributed by atoms with Crippen molar-refractivity contribution >= 4 is 5.69 Å². The lowest BCUT2D eigenvalue weighted by Crippen LogP contribution is -2.20. The average molecular weight is 281 g/mol. The molecular weight excluding hydrogens is 258 g/mol. The summed E-state index contributed by atoms with van der Waals surface area (Å²) >= 11 is 0. The maximum absolute atomic E-state index is 4.37. The summed E-state index contributed by atoms with van der Waals surface area (Å²) in [5.41, 5.74) is 3.78. The van der Waals surface area contributed by atoms with Gasteiger partial charge in [-0.25, -0.2) is 0 Å². The Morgan fingerprint density at radius 3 is 2.62 bits per heavy atom. The molecule has 0 saturated heterocycles. The van der Waals surface area contributed by atoms with Crippen molar-refractivity contribution in [1.29, 1.82) is 0 Å². The zero-order valence-corrected chi connectivity index (χ0v) is 12.6. The van der Waals surface area contributed by atoms with Gasteiger partial charge in [0.2, 0.25) is 0 Å². The summed E-state index contributed by atoms with van der Waals surface area (Å²) in [6, 6.07) is 15.7. The zero-order chi connectivity index (χ0) is 14.5. The number of benzene rings is 1. The van der Waals surface area contributed by atoms with Crippen LogP contribution >= 0.6 is 0 Å². The summed E-state index contributed by atoms with van der Waals surface area (Å²) in [4.78, 5) is 6.65. The molecule has 1 fully saturated rings. The van der Waals surface area contributed by atoms with Crippen molar-refractivity contribution in [3.8, 4) is 0 Å². The van der Waals surface area contributed by atoms with Crippen molar-refractivity contribution in [3.63, 3.8) is 0 Å². The fourth-order valence-electron chi connectivity index (χ4n) is 2.38.